The molecule has 0 saturated carbocycles. The third-order valence-electron chi connectivity index (χ3n) is 2.56. The van der Waals surface area contributed by atoms with Crippen LogP contribution < -0.4 is 10.6 Å². The van der Waals surface area contributed by atoms with Gasteiger partial charge >= 0.3 is 0 Å². The molecule has 1 unspecified atom stereocenters. The highest BCUT2D eigenvalue weighted by Crippen LogP contribution is 2.29. The maximum atomic E-state index is 13.8. The summed E-state index contributed by atoms with van der Waals surface area (Å²) >= 11 is 0. The molecule has 2 aromatic rings. The van der Waals surface area contributed by atoms with Crippen LogP contribution in [0, 0.1) is 11.6 Å². The van der Waals surface area contributed by atoms with Crippen molar-refractivity contribution in [3.63, 3.8) is 0 Å². The van der Waals surface area contributed by atoms with Crippen LogP contribution in [-0.4, -0.2) is 16.3 Å². The molecule has 0 aliphatic heterocycles. The van der Waals surface area contributed by atoms with E-state index < -0.39 is 17.9 Å². The molecule has 0 saturated heterocycles. The standard InChI is InChI=1S/C13H13F2N3O/c1-8(19)18(13-7-10(16)4-5-17-13)12-3-2-9(14)6-11(12)15/h2-8,19H,1H3,(H2,16,17). The summed E-state index contributed by atoms with van der Waals surface area (Å²) in [4.78, 5) is 5.25. The molecule has 0 fully saturated rings. The molecule has 0 bridgehead atoms. The molecular weight excluding hydrogens is 252 g/mol. The normalized spacial score (nSPS) is 12.2. The highest BCUT2D eigenvalue weighted by molar-refractivity contribution is 5.63. The van der Waals surface area contributed by atoms with Crippen LogP contribution in [0.5, 0.6) is 0 Å². The quantitative estimate of drug-likeness (QED) is 0.837. The molecule has 0 aliphatic carbocycles. The number of anilines is 3. The van der Waals surface area contributed by atoms with Crippen molar-refractivity contribution in [3.8, 4) is 0 Å². The van der Waals surface area contributed by atoms with Crippen LogP contribution in [0.3, 0.4) is 0 Å². The molecule has 19 heavy (non-hydrogen) atoms. The van der Waals surface area contributed by atoms with Gasteiger partial charge in [0.2, 0.25) is 0 Å². The van der Waals surface area contributed by atoms with Gasteiger partial charge in [-0.25, -0.2) is 13.8 Å². The topological polar surface area (TPSA) is 62.4 Å². The van der Waals surface area contributed by atoms with Crippen molar-refractivity contribution in [3.05, 3.63) is 48.2 Å². The van der Waals surface area contributed by atoms with Crippen LogP contribution in [0.1, 0.15) is 6.92 Å². The van der Waals surface area contributed by atoms with Gasteiger partial charge in [-0.2, -0.15) is 0 Å². The fourth-order valence-corrected chi connectivity index (χ4v) is 1.76. The molecule has 100 valence electrons. The fourth-order valence-electron chi connectivity index (χ4n) is 1.76. The number of pyridine rings is 1. The van der Waals surface area contributed by atoms with Gasteiger partial charge in [-0.15, -0.1) is 0 Å². The predicted octanol–water partition coefficient (Wildman–Crippen LogP) is 2.42. The predicted molar refractivity (Wildman–Crippen MR) is 68.8 cm³/mol. The number of hydrogen-bond donors (Lipinski definition) is 2. The van der Waals surface area contributed by atoms with E-state index >= 15 is 0 Å². The van der Waals surface area contributed by atoms with Crippen LogP contribution in [0.4, 0.5) is 26.0 Å². The van der Waals surface area contributed by atoms with E-state index in [4.69, 9.17) is 5.73 Å². The molecule has 1 aromatic carbocycles. The van der Waals surface area contributed by atoms with E-state index in [-0.39, 0.29) is 11.5 Å². The number of benzene rings is 1. The van der Waals surface area contributed by atoms with Crippen molar-refractivity contribution in [2.24, 2.45) is 0 Å². The van der Waals surface area contributed by atoms with Gasteiger partial charge < -0.3 is 10.8 Å². The lowest BCUT2D eigenvalue weighted by atomic mass is 10.2. The Labute approximate surface area is 109 Å². The summed E-state index contributed by atoms with van der Waals surface area (Å²) < 4.78 is 26.7. The highest BCUT2D eigenvalue weighted by Gasteiger charge is 2.19. The molecule has 1 aromatic heterocycles. The number of nitrogen functional groups attached to an aromatic ring is 1. The molecule has 1 atom stereocenters. The maximum Gasteiger partial charge on any atom is 0.149 e. The largest absolute Gasteiger partial charge is 0.399 e. The lowest BCUT2D eigenvalue weighted by Gasteiger charge is -2.27. The number of rotatable bonds is 3. The van der Waals surface area contributed by atoms with Crippen LogP contribution in [0.25, 0.3) is 0 Å². The Hall–Kier alpha value is -2.21. The molecule has 0 radical (unpaired) electrons. The van der Waals surface area contributed by atoms with Crippen molar-refractivity contribution in [2.75, 3.05) is 10.6 Å². The Morgan fingerprint density at radius 2 is 2.00 bits per heavy atom. The Bertz CT molecular complexity index is 590. The second kappa shape index (κ2) is 5.19. The van der Waals surface area contributed by atoms with Crippen LogP contribution >= 0.6 is 0 Å². The van der Waals surface area contributed by atoms with Gasteiger partial charge in [0, 0.05) is 24.0 Å². The summed E-state index contributed by atoms with van der Waals surface area (Å²) in [6.07, 6.45) is 0.399. The van der Waals surface area contributed by atoms with E-state index in [2.05, 4.69) is 4.98 Å². The zero-order valence-electron chi connectivity index (χ0n) is 10.2. The first-order valence-electron chi connectivity index (χ1n) is 5.63. The third-order valence-corrected chi connectivity index (χ3v) is 2.56. The first-order valence-corrected chi connectivity index (χ1v) is 5.63. The van der Waals surface area contributed by atoms with Crippen LogP contribution in [0.15, 0.2) is 36.5 Å². The number of hydrogen-bond acceptors (Lipinski definition) is 4. The Balaban J connectivity index is 2.52. The lowest BCUT2D eigenvalue weighted by molar-refractivity contribution is 0.199. The number of aliphatic hydroxyl groups is 1. The first-order chi connectivity index (χ1) is 8.99. The molecule has 0 spiro atoms. The average Bonchev–Trinajstić information content (AvgIpc) is 2.32. The zero-order chi connectivity index (χ0) is 14.0. The molecule has 0 amide bonds. The van der Waals surface area contributed by atoms with Gasteiger partial charge in [0.15, 0.2) is 0 Å². The van der Waals surface area contributed by atoms with Crippen molar-refractivity contribution in [1.82, 2.24) is 4.98 Å². The second-order valence-electron chi connectivity index (χ2n) is 4.04. The molecule has 2 rings (SSSR count). The number of nitrogens with zero attached hydrogens (tertiary/aromatic N) is 2. The minimum Gasteiger partial charge on any atom is -0.399 e. The highest BCUT2D eigenvalue weighted by atomic mass is 19.1. The zero-order valence-corrected chi connectivity index (χ0v) is 10.2. The van der Waals surface area contributed by atoms with Gasteiger partial charge in [-0.3, -0.25) is 4.90 Å². The molecule has 0 aliphatic rings. The molecule has 1 heterocycles. The molecule has 3 N–H and O–H groups in total. The van der Waals surface area contributed by atoms with Crippen molar-refractivity contribution < 1.29 is 13.9 Å². The summed E-state index contributed by atoms with van der Waals surface area (Å²) in [6.45, 7) is 1.45. The Kier molecular flexibility index (Phi) is 3.62. The van der Waals surface area contributed by atoms with Gasteiger partial charge in [-0.05, 0) is 25.1 Å². The van der Waals surface area contributed by atoms with Crippen LogP contribution in [-0.2, 0) is 0 Å². The van der Waals surface area contributed by atoms with E-state index in [1.807, 2.05) is 0 Å². The smallest absolute Gasteiger partial charge is 0.149 e. The Morgan fingerprint density at radius 3 is 2.58 bits per heavy atom. The van der Waals surface area contributed by atoms with Crippen LogP contribution in [0.2, 0.25) is 0 Å². The minimum atomic E-state index is -1.05. The summed E-state index contributed by atoms with van der Waals surface area (Å²) in [5.41, 5.74) is 6.09. The molecule has 4 nitrogen and oxygen atoms in total. The van der Waals surface area contributed by atoms with Gasteiger partial charge in [0.25, 0.3) is 0 Å². The Morgan fingerprint density at radius 1 is 1.26 bits per heavy atom. The van der Waals surface area contributed by atoms with Crippen molar-refractivity contribution in [2.45, 2.75) is 13.2 Å². The average molecular weight is 265 g/mol. The second-order valence-corrected chi connectivity index (χ2v) is 4.04. The van der Waals surface area contributed by atoms with Crippen molar-refractivity contribution in [1.29, 1.82) is 0 Å². The third kappa shape index (κ3) is 2.79. The summed E-state index contributed by atoms with van der Waals surface area (Å²) in [5, 5.41) is 9.79. The maximum absolute atomic E-state index is 13.8. The lowest BCUT2D eigenvalue weighted by Crippen LogP contribution is -2.29. The number of nitrogens with two attached hydrogens (primary N) is 1. The monoisotopic (exact) mass is 265 g/mol. The van der Waals surface area contributed by atoms with E-state index in [1.54, 1.807) is 6.07 Å². The van der Waals surface area contributed by atoms with Gasteiger partial charge in [0.05, 0.1) is 5.69 Å². The summed E-state index contributed by atoms with van der Waals surface area (Å²) in [6, 6.07) is 6.17. The number of aliphatic hydroxyl groups excluding tert-OH is 1. The van der Waals surface area contributed by atoms with Gasteiger partial charge in [0.1, 0.15) is 23.7 Å². The molecule has 6 heteroatoms. The van der Waals surface area contributed by atoms with Crippen molar-refractivity contribution >= 4 is 17.2 Å². The van der Waals surface area contributed by atoms with Gasteiger partial charge in [-0.1, -0.05) is 0 Å². The van der Waals surface area contributed by atoms with E-state index in [9.17, 15) is 13.9 Å². The minimum absolute atomic E-state index is 0.0227. The van der Waals surface area contributed by atoms with E-state index in [1.165, 1.54) is 30.2 Å². The van der Waals surface area contributed by atoms with E-state index in [0.29, 0.717) is 5.69 Å². The van der Waals surface area contributed by atoms with E-state index in [0.717, 1.165) is 12.1 Å². The summed E-state index contributed by atoms with van der Waals surface area (Å²) in [5.74, 6) is -1.20. The SMILES string of the molecule is CC(O)N(c1cc(N)ccn1)c1ccc(F)cc1F. The number of aromatic nitrogens is 1. The first kappa shape index (κ1) is 13.2. The molecular formula is C13H13F2N3O. The fraction of sp³-hybridized carbons (Fsp3) is 0.154. The summed E-state index contributed by atoms with van der Waals surface area (Å²) in [7, 11) is 0. The number of halogens is 2.